The van der Waals surface area contributed by atoms with E-state index in [0.717, 1.165) is 11.1 Å². The molecule has 1 aliphatic heterocycles. The predicted octanol–water partition coefficient (Wildman–Crippen LogP) is 3.45. The van der Waals surface area contributed by atoms with Crippen molar-refractivity contribution in [3.05, 3.63) is 59.7 Å². The van der Waals surface area contributed by atoms with E-state index in [9.17, 15) is 9.90 Å². The Morgan fingerprint density at radius 1 is 1.08 bits per heavy atom. The Morgan fingerprint density at radius 3 is 2.08 bits per heavy atom. The summed E-state index contributed by atoms with van der Waals surface area (Å²) < 4.78 is 5.91. The molecule has 4 nitrogen and oxygen atoms in total. The van der Waals surface area contributed by atoms with Crippen LogP contribution < -0.4 is 10.1 Å². The normalized spacial score (nSPS) is 15.0. The van der Waals surface area contributed by atoms with E-state index < -0.39 is 12.0 Å². The van der Waals surface area contributed by atoms with Gasteiger partial charge in [0.15, 0.2) is 0 Å². The van der Waals surface area contributed by atoms with Gasteiger partial charge in [0, 0.05) is 17.7 Å². The number of aliphatic hydroxyl groups excluding tert-OH is 1. The van der Waals surface area contributed by atoms with E-state index in [2.05, 4.69) is 5.32 Å². The first kappa shape index (κ1) is 16.5. The van der Waals surface area contributed by atoms with Crippen LogP contribution in [0.4, 0.5) is 0 Å². The molecule has 0 saturated carbocycles. The van der Waals surface area contributed by atoms with Gasteiger partial charge in [-0.05, 0) is 17.5 Å². The maximum absolute atomic E-state index is 12.9. The molecule has 1 heterocycles. The van der Waals surface area contributed by atoms with Gasteiger partial charge in [0.1, 0.15) is 11.5 Å². The molecule has 0 aromatic heterocycles. The number of amides is 1. The smallest absolute Gasteiger partial charge is 0.232 e. The molecular weight excluding hydrogens is 302 g/mol. The molecule has 0 saturated heterocycles. The minimum Gasteiger partial charge on any atom is -0.457 e. The van der Waals surface area contributed by atoms with E-state index in [1.165, 1.54) is 0 Å². The predicted molar refractivity (Wildman–Crippen MR) is 93.3 cm³/mol. The summed E-state index contributed by atoms with van der Waals surface area (Å²) in [6, 6.07) is 15.2. The molecule has 1 atom stereocenters. The quantitative estimate of drug-likeness (QED) is 0.909. The SMILES string of the molecule is CC(C)(C)C(O)CNC(=O)C1c2ccccc2Oc2ccccc21. The molecule has 24 heavy (non-hydrogen) atoms. The maximum Gasteiger partial charge on any atom is 0.232 e. The van der Waals surface area contributed by atoms with Crippen molar-refractivity contribution >= 4 is 5.91 Å². The van der Waals surface area contributed by atoms with Crippen LogP contribution in [-0.2, 0) is 4.79 Å². The number of hydrogen-bond donors (Lipinski definition) is 2. The van der Waals surface area contributed by atoms with E-state index in [4.69, 9.17) is 4.74 Å². The summed E-state index contributed by atoms with van der Waals surface area (Å²) in [5, 5.41) is 13.1. The third-order valence-corrected chi connectivity index (χ3v) is 4.41. The third kappa shape index (κ3) is 3.15. The molecular formula is C20H23NO3. The highest BCUT2D eigenvalue weighted by Crippen LogP contribution is 2.43. The van der Waals surface area contributed by atoms with Crippen LogP contribution in [0, 0.1) is 5.41 Å². The van der Waals surface area contributed by atoms with E-state index in [-0.39, 0.29) is 17.9 Å². The number of benzene rings is 2. The van der Waals surface area contributed by atoms with Crippen LogP contribution in [0.5, 0.6) is 11.5 Å². The lowest BCUT2D eigenvalue weighted by Crippen LogP contribution is -2.41. The highest BCUT2D eigenvalue weighted by molar-refractivity contribution is 5.89. The number of ether oxygens (including phenoxy) is 1. The molecule has 3 rings (SSSR count). The van der Waals surface area contributed by atoms with Crippen molar-refractivity contribution in [2.24, 2.45) is 5.41 Å². The highest BCUT2D eigenvalue weighted by Gasteiger charge is 2.33. The Balaban J connectivity index is 1.88. The number of para-hydroxylation sites is 2. The average Bonchev–Trinajstić information content (AvgIpc) is 2.56. The lowest BCUT2D eigenvalue weighted by Gasteiger charge is -2.29. The molecule has 0 aliphatic carbocycles. The van der Waals surface area contributed by atoms with Crippen LogP contribution in [0.2, 0.25) is 0 Å². The van der Waals surface area contributed by atoms with Gasteiger partial charge in [-0.1, -0.05) is 57.2 Å². The Bertz CT molecular complexity index is 703. The first-order valence-corrected chi connectivity index (χ1v) is 8.19. The molecule has 0 spiro atoms. The van der Waals surface area contributed by atoms with Crippen LogP contribution >= 0.6 is 0 Å². The largest absolute Gasteiger partial charge is 0.457 e. The molecule has 2 aromatic carbocycles. The van der Waals surface area contributed by atoms with Crippen molar-refractivity contribution in [1.82, 2.24) is 5.32 Å². The molecule has 4 heteroatoms. The molecule has 126 valence electrons. The molecule has 0 radical (unpaired) electrons. The van der Waals surface area contributed by atoms with Crippen LogP contribution in [0.3, 0.4) is 0 Å². The van der Waals surface area contributed by atoms with Gasteiger partial charge < -0.3 is 15.2 Å². The fourth-order valence-corrected chi connectivity index (χ4v) is 2.80. The lowest BCUT2D eigenvalue weighted by atomic mass is 9.86. The maximum atomic E-state index is 12.9. The fraction of sp³-hybridized carbons (Fsp3) is 0.350. The summed E-state index contributed by atoms with van der Waals surface area (Å²) in [6.45, 7) is 6.07. The highest BCUT2D eigenvalue weighted by atomic mass is 16.5. The minimum absolute atomic E-state index is 0.124. The molecule has 1 unspecified atom stereocenters. The number of hydrogen-bond acceptors (Lipinski definition) is 3. The summed E-state index contributed by atoms with van der Waals surface area (Å²) in [6.07, 6.45) is -0.605. The van der Waals surface area contributed by atoms with Crippen LogP contribution in [0.15, 0.2) is 48.5 Å². The zero-order chi connectivity index (χ0) is 17.3. The Morgan fingerprint density at radius 2 is 1.58 bits per heavy atom. The van der Waals surface area contributed by atoms with Gasteiger partial charge in [-0.25, -0.2) is 0 Å². The summed E-state index contributed by atoms with van der Waals surface area (Å²) in [4.78, 5) is 12.9. The number of carbonyl (C=O) groups excluding carboxylic acids is 1. The third-order valence-electron chi connectivity index (χ3n) is 4.41. The molecule has 2 N–H and O–H groups in total. The number of carbonyl (C=O) groups is 1. The number of fused-ring (bicyclic) bond motifs is 2. The summed E-state index contributed by atoms with van der Waals surface area (Å²) >= 11 is 0. The monoisotopic (exact) mass is 325 g/mol. The van der Waals surface area contributed by atoms with E-state index in [0.29, 0.717) is 11.5 Å². The van der Waals surface area contributed by atoms with Gasteiger partial charge >= 0.3 is 0 Å². The second-order valence-corrected chi connectivity index (χ2v) is 7.24. The van der Waals surface area contributed by atoms with E-state index in [1.807, 2.05) is 69.3 Å². The van der Waals surface area contributed by atoms with Crippen molar-refractivity contribution in [3.63, 3.8) is 0 Å². The summed E-state index contributed by atoms with van der Waals surface area (Å²) in [7, 11) is 0. The molecule has 0 bridgehead atoms. The van der Waals surface area contributed by atoms with Crippen LogP contribution in [-0.4, -0.2) is 23.7 Å². The van der Waals surface area contributed by atoms with Gasteiger partial charge in [-0.3, -0.25) is 4.79 Å². The van der Waals surface area contributed by atoms with Crippen LogP contribution in [0.1, 0.15) is 37.8 Å². The minimum atomic E-state index is -0.605. The standard InChI is InChI=1S/C20H23NO3/c1-20(2,3)17(22)12-21-19(23)18-13-8-4-6-10-15(13)24-16-11-7-5-9-14(16)18/h4-11,17-18,22H,12H2,1-3H3,(H,21,23). The van der Waals surface area contributed by atoms with E-state index in [1.54, 1.807) is 0 Å². The molecule has 2 aromatic rings. The molecule has 1 aliphatic rings. The van der Waals surface area contributed by atoms with Crippen molar-refractivity contribution in [3.8, 4) is 11.5 Å². The van der Waals surface area contributed by atoms with Gasteiger partial charge in [0.2, 0.25) is 5.91 Å². The van der Waals surface area contributed by atoms with Crippen molar-refractivity contribution in [2.45, 2.75) is 32.8 Å². The molecule has 0 fully saturated rings. The first-order chi connectivity index (χ1) is 11.4. The number of rotatable bonds is 3. The Hall–Kier alpha value is -2.33. The zero-order valence-electron chi connectivity index (χ0n) is 14.2. The van der Waals surface area contributed by atoms with Crippen molar-refractivity contribution < 1.29 is 14.6 Å². The first-order valence-electron chi connectivity index (χ1n) is 8.19. The number of nitrogens with one attached hydrogen (secondary N) is 1. The molecule has 1 amide bonds. The van der Waals surface area contributed by atoms with Gasteiger partial charge in [-0.2, -0.15) is 0 Å². The van der Waals surface area contributed by atoms with Crippen molar-refractivity contribution in [1.29, 1.82) is 0 Å². The topological polar surface area (TPSA) is 58.6 Å². The van der Waals surface area contributed by atoms with Gasteiger partial charge in [0.05, 0.1) is 12.0 Å². The fourth-order valence-electron chi connectivity index (χ4n) is 2.80. The second kappa shape index (κ2) is 6.29. The Kier molecular flexibility index (Phi) is 4.33. The summed E-state index contributed by atoms with van der Waals surface area (Å²) in [5.41, 5.74) is 1.41. The van der Waals surface area contributed by atoms with Crippen molar-refractivity contribution in [2.75, 3.05) is 6.54 Å². The van der Waals surface area contributed by atoms with Gasteiger partial charge in [0.25, 0.3) is 0 Å². The Labute approximate surface area is 142 Å². The van der Waals surface area contributed by atoms with Crippen LogP contribution in [0.25, 0.3) is 0 Å². The number of aliphatic hydroxyl groups is 1. The lowest BCUT2D eigenvalue weighted by molar-refractivity contribution is -0.122. The zero-order valence-corrected chi connectivity index (χ0v) is 14.2. The average molecular weight is 325 g/mol. The summed E-state index contributed by atoms with van der Waals surface area (Å²) in [5.74, 6) is 0.847. The van der Waals surface area contributed by atoms with Gasteiger partial charge in [-0.15, -0.1) is 0 Å². The second-order valence-electron chi connectivity index (χ2n) is 7.24. The van der Waals surface area contributed by atoms with E-state index >= 15 is 0 Å².